The lowest BCUT2D eigenvalue weighted by atomic mass is 10.0. The number of aromatic nitrogens is 1. The molecule has 1 aromatic heterocycles. The first-order valence-corrected chi connectivity index (χ1v) is 7.20. The van der Waals surface area contributed by atoms with Crippen molar-refractivity contribution in [3.8, 4) is 0 Å². The number of oxazole rings is 1. The van der Waals surface area contributed by atoms with Gasteiger partial charge in [0.15, 0.2) is 5.58 Å². The minimum atomic E-state index is 0.559. The third-order valence-corrected chi connectivity index (χ3v) is 3.79. The van der Waals surface area contributed by atoms with Gasteiger partial charge in [0.25, 0.3) is 6.01 Å². The number of nitrogens with zero attached hydrogens (tertiary/aromatic N) is 2. The Bertz CT molecular complexity index is 498. The van der Waals surface area contributed by atoms with Gasteiger partial charge in [-0.1, -0.05) is 18.6 Å². The molecule has 2 aromatic rings. The van der Waals surface area contributed by atoms with Gasteiger partial charge in [0.05, 0.1) is 0 Å². The Balaban J connectivity index is 1.76. The molecule has 0 radical (unpaired) electrons. The van der Waals surface area contributed by atoms with Crippen LogP contribution in [0.3, 0.4) is 0 Å². The Morgan fingerprint density at radius 3 is 3.00 bits per heavy atom. The van der Waals surface area contributed by atoms with Crippen LogP contribution in [0.1, 0.15) is 26.2 Å². The van der Waals surface area contributed by atoms with E-state index < -0.39 is 0 Å². The minimum absolute atomic E-state index is 0.559. The molecule has 0 spiro atoms. The molecule has 0 bridgehead atoms. The second-order valence-electron chi connectivity index (χ2n) is 5.15. The molecule has 4 nitrogen and oxygen atoms in total. The van der Waals surface area contributed by atoms with Crippen molar-refractivity contribution in [3.63, 3.8) is 0 Å². The predicted octanol–water partition coefficient (Wildman–Crippen LogP) is 2.80. The van der Waals surface area contributed by atoms with E-state index in [9.17, 15) is 0 Å². The fourth-order valence-corrected chi connectivity index (χ4v) is 2.68. The number of nitrogens with one attached hydrogen (secondary N) is 1. The van der Waals surface area contributed by atoms with E-state index in [2.05, 4.69) is 22.1 Å². The fraction of sp³-hybridized carbons (Fsp3) is 0.533. The maximum absolute atomic E-state index is 5.85. The molecule has 1 saturated heterocycles. The van der Waals surface area contributed by atoms with Gasteiger partial charge in [-0.2, -0.15) is 4.98 Å². The highest BCUT2D eigenvalue weighted by molar-refractivity contribution is 5.74. The molecule has 1 aliphatic rings. The number of fused-ring (bicyclic) bond motifs is 1. The number of para-hydroxylation sites is 2. The van der Waals surface area contributed by atoms with Crippen LogP contribution >= 0.6 is 0 Å². The summed E-state index contributed by atoms with van der Waals surface area (Å²) in [4.78, 5) is 6.81. The zero-order chi connectivity index (χ0) is 13.1. The molecule has 1 aliphatic heterocycles. The Morgan fingerprint density at radius 1 is 1.37 bits per heavy atom. The minimum Gasteiger partial charge on any atom is -0.423 e. The van der Waals surface area contributed by atoms with Crippen LogP contribution in [0.5, 0.6) is 0 Å². The van der Waals surface area contributed by atoms with Crippen molar-refractivity contribution in [2.45, 2.75) is 32.2 Å². The van der Waals surface area contributed by atoms with Gasteiger partial charge in [-0.25, -0.2) is 0 Å². The Labute approximate surface area is 113 Å². The summed E-state index contributed by atoms with van der Waals surface area (Å²) in [6.07, 6.45) is 3.87. The van der Waals surface area contributed by atoms with E-state index in [-0.39, 0.29) is 0 Å². The number of hydrogen-bond donors (Lipinski definition) is 1. The highest BCUT2D eigenvalue weighted by Crippen LogP contribution is 2.22. The largest absolute Gasteiger partial charge is 0.423 e. The molecular weight excluding hydrogens is 238 g/mol. The molecule has 1 atom stereocenters. The van der Waals surface area contributed by atoms with E-state index in [1.54, 1.807) is 0 Å². The van der Waals surface area contributed by atoms with Crippen LogP contribution in [0.4, 0.5) is 6.01 Å². The monoisotopic (exact) mass is 259 g/mol. The number of piperidine rings is 1. The summed E-state index contributed by atoms with van der Waals surface area (Å²) in [5.41, 5.74) is 1.81. The third kappa shape index (κ3) is 2.73. The fourth-order valence-electron chi connectivity index (χ4n) is 2.68. The van der Waals surface area contributed by atoms with Gasteiger partial charge in [0, 0.05) is 19.1 Å². The summed E-state index contributed by atoms with van der Waals surface area (Å²) in [5, 5.41) is 3.58. The smallest absolute Gasteiger partial charge is 0.298 e. The standard InChI is InChI=1S/C15H21N3O/c1-2-18(11-12-7-5-6-10-16-12)15-17-13-8-3-4-9-14(13)19-15/h3-4,8-9,12,16H,2,5-7,10-11H2,1H3. The Hall–Kier alpha value is -1.55. The lowest BCUT2D eigenvalue weighted by Gasteiger charge is -2.28. The summed E-state index contributed by atoms with van der Waals surface area (Å²) < 4.78 is 5.85. The average Bonchev–Trinajstić information content (AvgIpc) is 2.89. The van der Waals surface area contributed by atoms with Gasteiger partial charge in [-0.15, -0.1) is 0 Å². The lowest BCUT2D eigenvalue weighted by molar-refractivity contribution is 0.393. The van der Waals surface area contributed by atoms with Crippen LogP contribution in [0.2, 0.25) is 0 Å². The molecule has 3 rings (SSSR count). The van der Waals surface area contributed by atoms with Gasteiger partial charge in [0.1, 0.15) is 5.52 Å². The number of anilines is 1. The van der Waals surface area contributed by atoms with E-state index in [0.717, 1.165) is 36.7 Å². The average molecular weight is 259 g/mol. The van der Waals surface area contributed by atoms with Crippen molar-refractivity contribution >= 4 is 17.1 Å². The third-order valence-electron chi connectivity index (χ3n) is 3.79. The second-order valence-corrected chi connectivity index (χ2v) is 5.15. The van der Waals surface area contributed by atoms with E-state index in [1.807, 2.05) is 24.3 Å². The van der Waals surface area contributed by atoms with Gasteiger partial charge in [-0.3, -0.25) is 0 Å². The normalized spacial score (nSPS) is 19.7. The molecule has 0 aliphatic carbocycles. The van der Waals surface area contributed by atoms with Crippen molar-refractivity contribution in [2.24, 2.45) is 0 Å². The van der Waals surface area contributed by atoms with E-state index in [0.29, 0.717) is 6.04 Å². The molecule has 2 heterocycles. The molecule has 1 fully saturated rings. The Kier molecular flexibility index (Phi) is 3.69. The van der Waals surface area contributed by atoms with Crippen LogP contribution in [-0.2, 0) is 0 Å². The maximum atomic E-state index is 5.85. The van der Waals surface area contributed by atoms with Crippen LogP contribution in [0, 0.1) is 0 Å². The zero-order valence-corrected chi connectivity index (χ0v) is 11.4. The van der Waals surface area contributed by atoms with Gasteiger partial charge in [-0.05, 0) is 38.4 Å². The van der Waals surface area contributed by atoms with Crippen molar-refractivity contribution in [3.05, 3.63) is 24.3 Å². The van der Waals surface area contributed by atoms with Gasteiger partial charge < -0.3 is 14.6 Å². The van der Waals surface area contributed by atoms with E-state index >= 15 is 0 Å². The van der Waals surface area contributed by atoms with Crippen LogP contribution in [-0.4, -0.2) is 30.7 Å². The molecular formula is C15H21N3O. The summed E-state index contributed by atoms with van der Waals surface area (Å²) in [6, 6.07) is 9.25. The number of hydrogen-bond acceptors (Lipinski definition) is 4. The molecule has 1 aromatic carbocycles. The van der Waals surface area contributed by atoms with Gasteiger partial charge >= 0.3 is 0 Å². The topological polar surface area (TPSA) is 41.3 Å². The number of rotatable bonds is 4. The molecule has 4 heteroatoms. The van der Waals surface area contributed by atoms with Crippen molar-refractivity contribution < 1.29 is 4.42 Å². The molecule has 19 heavy (non-hydrogen) atoms. The first-order valence-electron chi connectivity index (χ1n) is 7.20. The van der Waals surface area contributed by atoms with Crippen molar-refractivity contribution in [1.82, 2.24) is 10.3 Å². The predicted molar refractivity (Wildman–Crippen MR) is 77.5 cm³/mol. The van der Waals surface area contributed by atoms with Crippen molar-refractivity contribution in [2.75, 3.05) is 24.5 Å². The molecule has 1 unspecified atom stereocenters. The highest BCUT2D eigenvalue weighted by Gasteiger charge is 2.19. The molecule has 1 N–H and O–H groups in total. The SMILES string of the molecule is CCN(CC1CCCCN1)c1nc2ccccc2o1. The molecule has 0 saturated carbocycles. The molecule has 102 valence electrons. The zero-order valence-electron chi connectivity index (χ0n) is 11.4. The first kappa shape index (κ1) is 12.5. The second kappa shape index (κ2) is 5.61. The Morgan fingerprint density at radius 2 is 2.26 bits per heavy atom. The number of benzene rings is 1. The maximum Gasteiger partial charge on any atom is 0.298 e. The summed E-state index contributed by atoms with van der Waals surface area (Å²) in [6.45, 7) is 5.18. The summed E-state index contributed by atoms with van der Waals surface area (Å²) in [5.74, 6) is 0. The number of likely N-dealkylation sites (N-methyl/N-ethyl adjacent to an activating group) is 1. The van der Waals surface area contributed by atoms with Crippen LogP contribution < -0.4 is 10.2 Å². The lowest BCUT2D eigenvalue weighted by Crippen LogP contribution is -2.43. The van der Waals surface area contributed by atoms with Crippen LogP contribution in [0.15, 0.2) is 28.7 Å². The van der Waals surface area contributed by atoms with E-state index in [1.165, 1.54) is 19.3 Å². The first-order chi connectivity index (χ1) is 9.36. The highest BCUT2D eigenvalue weighted by atomic mass is 16.4. The van der Waals surface area contributed by atoms with Crippen LogP contribution in [0.25, 0.3) is 11.1 Å². The van der Waals surface area contributed by atoms with Crippen molar-refractivity contribution in [1.29, 1.82) is 0 Å². The quantitative estimate of drug-likeness (QED) is 0.916. The summed E-state index contributed by atoms with van der Waals surface area (Å²) >= 11 is 0. The summed E-state index contributed by atoms with van der Waals surface area (Å²) in [7, 11) is 0. The van der Waals surface area contributed by atoms with Gasteiger partial charge in [0.2, 0.25) is 0 Å². The molecule has 0 amide bonds. The van der Waals surface area contributed by atoms with E-state index in [4.69, 9.17) is 4.42 Å².